The summed E-state index contributed by atoms with van der Waals surface area (Å²) in [6, 6.07) is 6.60. The molecule has 0 spiro atoms. The predicted molar refractivity (Wildman–Crippen MR) is 94.9 cm³/mol. The third-order valence-electron chi connectivity index (χ3n) is 4.96. The molecule has 0 radical (unpaired) electrons. The maximum absolute atomic E-state index is 5.91. The number of morpholine rings is 1. The lowest BCUT2D eigenvalue weighted by atomic mass is 10.1. The third-order valence-corrected chi connectivity index (χ3v) is 4.96. The second kappa shape index (κ2) is 7.14. The molecule has 1 fully saturated rings. The minimum atomic E-state index is -0.0119. The molecule has 0 saturated carbocycles. The first kappa shape index (κ1) is 16.5. The molecule has 1 aromatic carbocycles. The van der Waals surface area contributed by atoms with Crippen molar-refractivity contribution in [3.63, 3.8) is 0 Å². The van der Waals surface area contributed by atoms with Crippen LogP contribution in [0.5, 0.6) is 5.75 Å². The number of nitrogens with one attached hydrogen (secondary N) is 1. The molecule has 134 valence electrons. The van der Waals surface area contributed by atoms with E-state index in [9.17, 15) is 0 Å². The summed E-state index contributed by atoms with van der Waals surface area (Å²) >= 11 is 0. The molecule has 1 aromatic heterocycles. The van der Waals surface area contributed by atoms with E-state index in [1.54, 1.807) is 0 Å². The Morgan fingerprint density at radius 2 is 2.24 bits per heavy atom. The standard InChI is InChI=1S/C19H26N4O2/c1-13(2)18-20-19(22-21-18)17-12-23(8-10-25-17)7-5-14-3-4-16-15(11-14)6-9-24-16/h3-4,11,13,17H,5-10,12H2,1-2H3,(H,20,21,22)/t17-/m0/s1. The van der Waals surface area contributed by atoms with E-state index in [2.05, 4.69) is 52.1 Å². The van der Waals surface area contributed by atoms with E-state index in [0.717, 1.165) is 63.1 Å². The summed E-state index contributed by atoms with van der Waals surface area (Å²) < 4.78 is 11.5. The van der Waals surface area contributed by atoms with Gasteiger partial charge in [0.15, 0.2) is 11.6 Å². The zero-order valence-electron chi connectivity index (χ0n) is 15.0. The summed E-state index contributed by atoms with van der Waals surface area (Å²) in [5, 5.41) is 7.35. The topological polar surface area (TPSA) is 63.3 Å². The van der Waals surface area contributed by atoms with Crippen molar-refractivity contribution in [2.75, 3.05) is 32.8 Å². The highest BCUT2D eigenvalue weighted by molar-refractivity contribution is 5.39. The Hall–Kier alpha value is -1.92. The maximum Gasteiger partial charge on any atom is 0.155 e. The van der Waals surface area contributed by atoms with E-state index < -0.39 is 0 Å². The van der Waals surface area contributed by atoms with Crippen LogP contribution < -0.4 is 4.74 Å². The lowest BCUT2D eigenvalue weighted by Gasteiger charge is -2.31. The van der Waals surface area contributed by atoms with Crippen LogP contribution in [0.25, 0.3) is 0 Å². The van der Waals surface area contributed by atoms with Crippen LogP contribution in [-0.4, -0.2) is 52.9 Å². The van der Waals surface area contributed by atoms with Gasteiger partial charge in [0.2, 0.25) is 0 Å². The Kier molecular flexibility index (Phi) is 4.72. The van der Waals surface area contributed by atoms with Gasteiger partial charge in [-0.15, -0.1) is 0 Å². The number of H-pyrrole nitrogens is 1. The molecule has 1 N–H and O–H groups in total. The van der Waals surface area contributed by atoms with E-state index in [-0.39, 0.29) is 6.10 Å². The monoisotopic (exact) mass is 342 g/mol. The van der Waals surface area contributed by atoms with Crippen molar-refractivity contribution in [1.29, 1.82) is 0 Å². The summed E-state index contributed by atoms with van der Waals surface area (Å²) in [5.41, 5.74) is 2.73. The van der Waals surface area contributed by atoms with Gasteiger partial charge in [0.05, 0.1) is 13.2 Å². The molecule has 4 rings (SSSR count). The van der Waals surface area contributed by atoms with Crippen LogP contribution >= 0.6 is 0 Å². The third kappa shape index (κ3) is 3.70. The average Bonchev–Trinajstić information content (AvgIpc) is 3.29. The van der Waals surface area contributed by atoms with Crippen molar-refractivity contribution >= 4 is 0 Å². The van der Waals surface area contributed by atoms with Crippen molar-refractivity contribution in [2.24, 2.45) is 0 Å². The number of aromatic amines is 1. The summed E-state index contributed by atoms with van der Waals surface area (Å²) in [7, 11) is 0. The predicted octanol–water partition coefficient (Wildman–Crippen LogP) is 2.48. The Morgan fingerprint density at radius 3 is 3.08 bits per heavy atom. The molecule has 0 bridgehead atoms. The summed E-state index contributed by atoms with van der Waals surface area (Å²) in [4.78, 5) is 7.05. The van der Waals surface area contributed by atoms with Crippen LogP contribution in [0.2, 0.25) is 0 Å². The molecule has 25 heavy (non-hydrogen) atoms. The Bertz CT molecular complexity index is 728. The highest BCUT2D eigenvalue weighted by Crippen LogP contribution is 2.26. The molecule has 0 aliphatic carbocycles. The number of hydrogen-bond donors (Lipinski definition) is 1. The van der Waals surface area contributed by atoms with Crippen molar-refractivity contribution in [3.8, 4) is 5.75 Å². The average molecular weight is 342 g/mol. The zero-order valence-corrected chi connectivity index (χ0v) is 15.0. The van der Waals surface area contributed by atoms with Crippen LogP contribution in [0, 0.1) is 0 Å². The smallest absolute Gasteiger partial charge is 0.155 e. The van der Waals surface area contributed by atoms with Gasteiger partial charge in [-0.2, -0.15) is 5.10 Å². The van der Waals surface area contributed by atoms with Crippen molar-refractivity contribution in [3.05, 3.63) is 41.0 Å². The summed E-state index contributed by atoms with van der Waals surface area (Å²) in [6.07, 6.45) is 2.07. The Morgan fingerprint density at radius 1 is 1.32 bits per heavy atom. The molecule has 2 aliphatic rings. The molecule has 6 heteroatoms. The molecule has 0 unspecified atom stereocenters. The summed E-state index contributed by atoms with van der Waals surface area (Å²) in [5.74, 6) is 3.09. The first-order chi connectivity index (χ1) is 12.2. The van der Waals surface area contributed by atoms with E-state index >= 15 is 0 Å². The fourth-order valence-corrected chi connectivity index (χ4v) is 3.44. The number of rotatable bonds is 5. The van der Waals surface area contributed by atoms with Crippen molar-refractivity contribution in [1.82, 2.24) is 20.1 Å². The van der Waals surface area contributed by atoms with Crippen molar-refractivity contribution < 1.29 is 9.47 Å². The molecule has 1 saturated heterocycles. The normalized spacial score (nSPS) is 20.7. The fraction of sp³-hybridized carbons (Fsp3) is 0.579. The maximum atomic E-state index is 5.91. The van der Waals surface area contributed by atoms with E-state index in [1.165, 1.54) is 11.1 Å². The molecule has 1 atom stereocenters. The number of aromatic nitrogens is 3. The minimum absolute atomic E-state index is 0.0119. The largest absolute Gasteiger partial charge is 0.493 e. The fourth-order valence-electron chi connectivity index (χ4n) is 3.44. The van der Waals surface area contributed by atoms with Crippen LogP contribution in [0.1, 0.15) is 48.6 Å². The van der Waals surface area contributed by atoms with Gasteiger partial charge in [0.1, 0.15) is 11.9 Å². The van der Waals surface area contributed by atoms with Gasteiger partial charge in [-0.1, -0.05) is 26.0 Å². The second-order valence-electron chi connectivity index (χ2n) is 7.18. The van der Waals surface area contributed by atoms with Gasteiger partial charge in [-0.3, -0.25) is 10.00 Å². The first-order valence-electron chi connectivity index (χ1n) is 9.20. The minimum Gasteiger partial charge on any atom is -0.493 e. The highest BCUT2D eigenvalue weighted by Gasteiger charge is 2.25. The van der Waals surface area contributed by atoms with Crippen LogP contribution in [0.4, 0.5) is 0 Å². The van der Waals surface area contributed by atoms with Gasteiger partial charge in [-0.05, 0) is 23.6 Å². The van der Waals surface area contributed by atoms with E-state index in [4.69, 9.17) is 9.47 Å². The summed E-state index contributed by atoms with van der Waals surface area (Å²) in [6.45, 7) is 8.62. The van der Waals surface area contributed by atoms with Crippen LogP contribution in [0.3, 0.4) is 0 Å². The number of fused-ring (bicyclic) bond motifs is 1. The van der Waals surface area contributed by atoms with Gasteiger partial charge in [-0.25, -0.2) is 4.98 Å². The van der Waals surface area contributed by atoms with Gasteiger partial charge >= 0.3 is 0 Å². The zero-order chi connectivity index (χ0) is 17.2. The van der Waals surface area contributed by atoms with E-state index in [0.29, 0.717) is 5.92 Å². The molecular weight excluding hydrogens is 316 g/mol. The number of ether oxygens (including phenoxy) is 2. The number of benzene rings is 1. The molecule has 6 nitrogen and oxygen atoms in total. The first-order valence-corrected chi connectivity index (χ1v) is 9.20. The van der Waals surface area contributed by atoms with Crippen LogP contribution in [-0.2, 0) is 17.6 Å². The van der Waals surface area contributed by atoms with Crippen LogP contribution in [0.15, 0.2) is 18.2 Å². The van der Waals surface area contributed by atoms with Gasteiger partial charge in [0.25, 0.3) is 0 Å². The van der Waals surface area contributed by atoms with Gasteiger partial charge < -0.3 is 9.47 Å². The SMILES string of the molecule is CC(C)c1n[nH]c([C@@H]2CN(CCc3ccc4c(c3)CCO4)CCO2)n1. The van der Waals surface area contributed by atoms with E-state index in [1.807, 2.05) is 0 Å². The van der Waals surface area contributed by atoms with Crippen molar-refractivity contribution in [2.45, 2.75) is 38.7 Å². The Balaban J connectivity index is 1.35. The molecule has 2 aromatic rings. The number of hydrogen-bond acceptors (Lipinski definition) is 5. The number of nitrogens with zero attached hydrogens (tertiary/aromatic N) is 3. The molecule has 0 amide bonds. The molecule has 2 aliphatic heterocycles. The molecule has 3 heterocycles. The second-order valence-corrected chi connectivity index (χ2v) is 7.18. The highest BCUT2D eigenvalue weighted by atomic mass is 16.5. The molecular formula is C19H26N4O2. The lowest BCUT2D eigenvalue weighted by molar-refractivity contribution is -0.0337. The lowest BCUT2D eigenvalue weighted by Crippen LogP contribution is -2.39. The van der Waals surface area contributed by atoms with Gasteiger partial charge in [0, 0.05) is 32.0 Å². The quantitative estimate of drug-likeness (QED) is 0.904. The Labute approximate surface area is 148 Å².